The molecule has 0 unspecified atom stereocenters. The number of carbonyl (C=O) groups is 1. The van der Waals surface area contributed by atoms with Gasteiger partial charge in [-0.1, -0.05) is 25.1 Å². The van der Waals surface area contributed by atoms with Crippen LogP contribution in [-0.2, 0) is 6.54 Å². The van der Waals surface area contributed by atoms with Crippen molar-refractivity contribution >= 4 is 17.0 Å². The van der Waals surface area contributed by atoms with Crippen molar-refractivity contribution in [1.82, 2.24) is 9.88 Å². The highest BCUT2D eigenvalue weighted by Gasteiger charge is 2.17. The number of aromatic nitrogens is 1. The number of fused-ring (bicyclic) bond motifs is 1. The topological polar surface area (TPSA) is 56.4 Å². The number of amides is 1. The van der Waals surface area contributed by atoms with Gasteiger partial charge in [-0.05, 0) is 31.9 Å². The fraction of sp³-hybridized carbons (Fsp3) is 0.350. The summed E-state index contributed by atoms with van der Waals surface area (Å²) in [6, 6.07) is 13.6. The van der Waals surface area contributed by atoms with Gasteiger partial charge < -0.3 is 19.0 Å². The SMILES string of the molecule is CCCNC(=O)c1cc2oc(C)cc2n1CCCOc1ccccc1. The first-order valence-electron chi connectivity index (χ1n) is 8.74. The molecule has 1 N–H and O–H groups in total. The van der Waals surface area contributed by atoms with Gasteiger partial charge >= 0.3 is 0 Å². The van der Waals surface area contributed by atoms with Crippen LogP contribution in [0.25, 0.3) is 11.1 Å². The Kier molecular flexibility index (Phi) is 5.43. The van der Waals surface area contributed by atoms with Crippen LogP contribution in [0.2, 0.25) is 0 Å². The highest BCUT2D eigenvalue weighted by atomic mass is 16.5. The van der Waals surface area contributed by atoms with Gasteiger partial charge in [-0.3, -0.25) is 4.79 Å². The van der Waals surface area contributed by atoms with Crippen molar-refractivity contribution in [3.8, 4) is 5.75 Å². The molecule has 0 bridgehead atoms. The van der Waals surface area contributed by atoms with Gasteiger partial charge in [0.25, 0.3) is 5.91 Å². The van der Waals surface area contributed by atoms with E-state index in [0.717, 1.165) is 35.5 Å². The first kappa shape index (κ1) is 17.1. The summed E-state index contributed by atoms with van der Waals surface area (Å²) in [6.07, 6.45) is 1.71. The zero-order valence-electron chi connectivity index (χ0n) is 14.7. The van der Waals surface area contributed by atoms with Crippen molar-refractivity contribution in [3.63, 3.8) is 0 Å². The van der Waals surface area contributed by atoms with E-state index in [-0.39, 0.29) is 5.91 Å². The molecule has 0 atom stereocenters. The Morgan fingerprint density at radius 3 is 2.80 bits per heavy atom. The molecule has 0 saturated carbocycles. The predicted octanol–water partition coefficient (Wildman–Crippen LogP) is 4.15. The van der Waals surface area contributed by atoms with Crippen molar-refractivity contribution in [3.05, 3.63) is 53.9 Å². The molecule has 0 saturated heterocycles. The lowest BCUT2D eigenvalue weighted by Gasteiger charge is -2.11. The fourth-order valence-electron chi connectivity index (χ4n) is 2.85. The van der Waals surface area contributed by atoms with E-state index in [1.807, 2.05) is 60.9 Å². The number of para-hydroxylation sites is 1. The predicted molar refractivity (Wildman–Crippen MR) is 98.1 cm³/mol. The van der Waals surface area contributed by atoms with Crippen LogP contribution >= 0.6 is 0 Å². The average molecular weight is 340 g/mol. The number of nitrogens with one attached hydrogen (secondary N) is 1. The summed E-state index contributed by atoms with van der Waals surface area (Å²) in [5.74, 6) is 1.65. The van der Waals surface area contributed by atoms with Crippen LogP contribution < -0.4 is 10.1 Å². The standard InChI is InChI=1S/C20H24N2O3/c1-3-10-21-20(23)18-14-19-17(13-15(2)25-19)22(18)11-7-12-24-16-8-5-4-6-9-16/h4-6,8-9,13-14H,3,7,10-12H2,1-2H3,(H,21,23). The van der Waals surface area contributed by atoms with Crippen LogP contribution in [0.15, 0.2) is 46.9 Å². The number of nitrogens with zero attached hydrogens (tertiary/aromatic N) is 1. The number of ether oxygens (including phenoxy) is 1. The van der Waals surface area contributed by atoms with Crippen molar-refractivity contribution in [2.24, 2.45) is 0 Å². The monoisotopic (exact) mass is 340 g/mol. The van der Waals surface area contributed by atoms with Gasteiger partial charge in [-0.2, -0.15) is 0 Å². The third-order valence-corrected chi connectivity index (χ3v) is 4.02. The van der Waals surface area contributed by atoms with E-state index in [4.69, 9.17) is 9.15 Å². The largest absolute Gasteiger partial charge is 0.494 e. The average Bonchev–Trinajstić information content (AvgIpc) is 3.14. The molecule has 3 aromatic rings. The maximum absolute atomic E-state index is 12.4. The smallest absolute Gasteiger partial charge is 0.268 e. The summed E-state index contributed by atoms with van der Waals surface area (Å²) in [5.41, 5.74) is 2.35. The third-order valence-electron chi connectivity index (χ3n) is 4.02. The molecule has 0 radical (unpaired) electrons. The lowest BCUT2D eigenvalue weighted by molar-refractivity contribution is 0.0944. The molecular formula is C20H24N2O3. The number of hydrogen-bond donors (Lipinski definition) is 1. The van der Waals surface area contributed by atoms with Crippen LogP contribution in [0.3, 0.4) is 0 Å². The highest BCUT2D eigenvalue weighted by molar-refractivity contribution is 5.97. The first-order valence-corrected chi connectivity index (χ1v) is 8.74. The van der Waals surface area contributed by atoms with Crippen LogP contribution in [0.4, 0.5) is 0 Å². The molecule has 1 aromatic carbocycles. The summed E-state index contributed by atoms with van der Waals surface area (Å²) < 4.78 is 13.5. The van der Waals surface area contributed by atoms with Gasteiger partial charge in [0.2, 0.25) is 0 Å². The fourth-order valence-corrected chi connectivity index (χ4v) is 2.85. The summed E-state index contributed by atoms with van der Waals surface area (Å²) in [5, 5.41) is 2.94. The Bertz CT molecular complexity index is 833. The normalized spacial score (nSPS) is 11.0. The number of aryl methyl sites for hydroxylation is 2. The minimum Gasteiger partial charge on any atom is -0.494 e. The van der Waals surface area contributed by atoms with Crippen molar-refractivity contribution in [2.45, 2.75) is 33.2 Å². The first-order chi connectivity index (χ1) is 12.2. The Balaban J connectivity index is 1.70. The quantitative estimate of drug-likeness (QED) is 0.627. The second-order valence-electron chi connectivity index (χ2n) is 6.06. The van der Waals surface area contributed by atoms with Crippen LogP contribution in [0.5, 0.6) is 5.75 Å². The van der Waals surface area contributed by atoms with Crippen molar-refractivity contribution in [2.75, 3.05) is 13.2 Å². The Labute approximate surface area is 147 Å². The molecule has 132 valence electrons. The summed E-state index contributed by atoms with van der Waals surface area (Å²) in [4.78, 5) is 12.4. The van der Waals surface area contributed by atoms with E-state index in [9.17, 15) is 4.79 Å². The van der Waals surface area contributed by atoms with E-state index < -0.39 is 0 Å². The lowest BCUT2D eigenvalue weighted by atomic mass is 10.3. The van der Waals surface area contributed by atoms with Gasteiger partial charge in [0.15, 0.2) is 5.58 Å². The molecule has 25 heavy (non-hydrogen) atoms. The molecule has 0 fully saturated rings. The molecule has 5 nitrogen and oxygen atoms in total. The Hall–Kier alpha value is -2.69. The molecule has 2 aromatic heterocycles. The van der Waals surface area contributed by atoms with E-state index in [1.165, 1.54) is 0 Å². The summed E-state index contributed by atoms with van der Waals surface area (Å²) in [7, 11) is 0. The van der Waals surface area contributed by atoms with Crippen molar-refractivity contribution in [1.29, 1.82) is 0 Å². The van der Waals surface area contributed by atoms with Crippen molar-refractivity contribution < 1.29 is 13.9 Å². The van der Waals surface area contributed by atoms with Gasteiger partial charge in [-0.15, -0.1) is 0 Å². The second-order valence-corrected chi connectivity index (χ2v) is 6.06. The molecule has 2 heterocycles. The number of benzene rings is 1. The molecule has 0 aliphatic heterocycles. The summed E-state index contributed by atoms with van der Waals surface area (Å²) in [6.45, 7) is 5.91. The zero-order chi connectivity index (χ0) is 17.6. The number of carbonyl (C=O) groups excluding carboxylic acids is 1. The van der Waals surface area contributed by atoms with Crippen LogP contribution in [-0.4, -0.2) is 23.6 Å². The van der Waals surface area contributed by atoms with E-state index >= 15 is 0 Å². The minimum atomic E-state index is -0.0603. The van der Waals surface area contributed by atoms with Crippen LogP contribution in [0, 0.1) is 6.92 Å². The molecule has 0 aliphatic rings. The van der Waals surface area contributed by atoms with Gasteiger partial charge in [-0.25, -0.2) is 0 Å². The van der Waals surface area contributed by atoms with Gasteiger partial charge in [0, 0.05) is 25.2 Å². The molecule has 1 amide bonds. The minimum absolute atomic E-state index is 0.0603. The number of rotatable bonds is 8. The summed E-state index contributed by atoms with van der Waals surface area (Å²) >= 11 is 0. The second kappa shape index (κ2) is 7.92. The molecule has 3 rings (SSSR count). The molecule has 0 spiro atoms. The van der Waals surface area contributed by atoms with E-state index in [1.54, 1.807) is 0 Å². The Morgan fingerprint density at radius 1 is 1.24 bits per heavy atom. The maximum atomic E-state index is 12.4. The zero-order valence-corrected chi connectivity index (χ0v) is 14.7. The highest BCUT2D eigenvalue weighted by Crippen LogP contribution is 2.24. The van der Waals surface area contributed by atoms with Crippen LogP contribution in [0.1, 0.15) is 36.0 Å². The maximum Gasteiger partial charge on any atom is 0.268 e. The third kappa shape index (κ3) is 4.05. The Morgan fingerprint density at radius 2 is 2.04 bits per heavy atom. The number of hydrogen-bond acceptors (Lipinski definition) is 3. The molecule has 5 heteroatoms. The van der Waals surface area contributed by atoms with Gasteiger partial charge in [0.05, 0.1) is 12.1 Å². The van der Waals surface area contributed by atoms with Gasteiger partial charge in [0.1, 0.15) is 17.2 Å². The van der Waals surface area contributed by atoms with E-state index in [0.29, 0.717) is 25.4 Å². The number of furan rings is 1. The molecule has 0 aliphatic carbocycles. The lowest BCUT2D eigenvalue weighted by Crippen LogP contribution is -2.26. The van der Waals surface area contributed by atoms with E-state index in [2.05, 4.69) is 5.32 Å². The molecular weight excluding hydrogens is 316 g/mol.